The molecule has 9 heterocycles. The third kappa shape index (κ3) is 5.51. The van der Waals surface area contributed by atoms with Crippen LogP contribution in [0.4, 0.5) is 0 Å². The Balaban J connectivity index is 0.995. The van der Waals surface area contributed by atoms with Crippen LogP contribution >= 0.6 is 0 Å². The number of nitrogens with zero attached hydrogens (tertiary/aromatic N) is 1. The topological polar surface area (TPSA) is 127 Å². The Morgan fingerprint density at radius 3 is 1.71 bits per heavy atom. The largest absolute Gasteiger partial charge is 0.619 e. The van der Waals surface area contributed by atoms with E-state index in [9.17, 15) is 10.0 Å². The zero-order chi connectivity index (χ0) is 36.2. The molecule has 10 fully saturated rings. The van der Waals surface area contributed by atoms with E-state index in [1.54, 1.807) is 0 Å². The highest BCUT2D eigenvalue weighted by Crippen LogP contribution is 2.63. The van der Waals surface area contributed by atoms with Crippen LogP contribution in [-0.2, 0) is 43.2 Å². The van der Waals surface area contributed by atoms with E-state index >= 15 is 0 Å². The van der Waals surface area contributed by atoms with Gasteiger partial charge in [-0.1, -0.05) is 27.7 Å². The van der Waals surface area contributed by atoms with Gasteiger partial charge in [0, 0.05) is 36.8 Å². The van der Waals surface area contributed by atoms with Crippen molar-refractivity contribution in [3.63, 3.8) is 0 Å². The predicted molar refractivity (Wildman–Crippen MR) is 182 cm³/mol. The average molecular weight is 728 g/mol. The lowest BCUT2D eigenvalue weighted by Crippen LogP contribution is -2.70. The zero-order valence-corrected chi connectivity index (χ0v) is 31.5. The van der Waals surface area contributed by atoms with E-state index in [-0.39, 0.29) is 60.2 Å². The van der Waals surface area contributed by atoms with Crippen molar-refractivity contribution in [2.45, 2.75) is 153 Å². The van der Waals surface area contributed by atoms with Crippen LogP contribution in [-0.4, -0.2) is 60.1 Å². The van der Waals surface area contributed by atoms with E-state index < -0.39 is 41.3 Å². The van der Waals surface area contributed by atoms with Gasteiger partial charge in [-0.3, -0.25) is 0 Å². The summed E-state index contributed by atoms with van der Waals surface area (Å²) in [6.45, 7) is 13.3. The summed E-state index contributed by atoms with van der Waals surface area (Å²) in [6.07, 6.45) is 10.3. The second kappa shape index (κ2) is 12.8. The van der Waals surface area contributed by atoms with Crippen LogP contribution in [0.2, 0.25) is 0 Å². The van der Waals surface area contributed by atoms with Gasteiger partial charge in [-0.25, -0.2) is 24.3 Å². The highest BCUT2D eigenvalue weighted by molar-refractivity contribution is 5.89. The summed E-state index contributed by atoms with van der Waals surface area (Å²) < 4.78 is 34.1. The number of pyridine rings is 1. The Morgan fingerprint density at radius 2 is 1.23 bits per heavy atom. The molecule has 12 heteroatoms. The SMILES string of the molecule is C[C@H]1[C@H](CC(COC(=O)c2cc[n+]([O-])cc2)C[C@H]2O[C@@H]3O[C@]4(C)CC[C@H]5[C@H](C)CC[C@@H]([C@H]2C)[C@@]35OO4)O[C@@H]2O[C@]3(C)CC[C@H]4[C@H](C)CC[C@@H]1[C@@]24OO3. The Bertz CT molecular complexity index is 1430. The fourth-order valence-corrected chi connectivity index (χ4v) is 12.2. The van der Waals surface area contributed by atoms with Crippen LogP contribution in [0.15, 0.2) is 24.5 Å². The summed E-state index contributed by atoms with van der Waals surface area (Å²) in [5, 5.41) is 11.7. The molecule has 0 aromatic carbocycles. The monoisotopic (exact) mass is 727 g/mol. The number of esters is 1. The number of hydrogen-bond donors (Lipinski definition) is 0. The van der Waals surface area contributed by atoms with Gasteiger partial charge in [0.05, 0.1) is 24.4 Å². The van der Waals surface area contributed by atoms with Crippen molar-refractivity contribution in [2.24, 2.45) is 53.3 Å². The van der Waals surface area contributed by atoms with Crippen molar-refractivity contribution in [3.8, 4) is 0 Å². The molecule has 11 rings (SSSR count). The van der Waals surface area contributed by atoms with Gasteiger partial charge in [-0.05, 0) is 107 Å². The molecule has 8 aliphatic heterocycles. The van der Waals surface area contributed by atoms with Crippen LogP contribution in [0.25, 0.3) is 0 Å². The highest BCUT2D eigenvalue weighted by Gasteiger charge is 2.71. The van der Waals surface area contributed by atoms with Gasteiger partial charge in [0.25, 0.3) is 0 Å². The maximum Gasteiger partial charge on any atom is 0.338 e. The van der Waals surface area contributed by atoms with Gasteiger partial charge in [0.2, 0.25) is 11.6 Å². The van der Waals surface area contributed by atoms with Gasteiger partial charge in [0.15, 0.2) is 36.2 Å². The second-order valence-corrected chi connectivity index (χ2v) is 18.3. The molecule has 1 aromatic rings. The van der Waals surface area contributed by atoms with Gasteiger partial charge in [0.1, 0.15) is 0 Å². The van der Waals surface area contributed by atoms with Crippen molar-refractivity contribution >= 4 is 5.97 Å². The van der Waals surface area contributed by atoms with E-state index in [2.05, 4.69) is 27.7 Å². The number of hydrogen-bond acceptors (Lipinski definition) is 11. The third-order valence-electron chi connectivity index (χ3n) is 15.2. The van der Waals surface area contributed by atoms with Crippen LogP contribution in [0.1, 0.15) is 116 Å². The molecule has 0 amide bonds. The Hall–Kier alpha value is -1.90. The number of ether oxygens (including phenoxy) is 5. The minimum Gasteiger partial charge on any atom is -0.619 e. The van der Waals surface area contributed by atoms with Crippen molar-refractivity contribution in [1.82, 2.24) is 0 Å². The summed E-state index contributed by atoms with van der Waals surface area (Å²) in [5.41, 5.74) is -0.948. The fraction of sp³-hybridized carbons (Fsp3) is 0.850. The molecule has 1 aromatic heterocycles. The third-order valence-corrected chi connectivity index (χ3v) is 15.2. The van der Waals surface area contributed by atoms with Gasteiger partial charge >= 0.3 is 5.97 Å². The molecule has 0 N–H and O–H groups in total. The van der Waals surface area contributed by atoms with Crippen LogP contribution in [0.5, 0.6) is 0 Å². The molecule has 0 radical (unpaired) electrons. The first-order valence-corrected chi connectivity index (χ1v) is 20.1. The average Bonchev–Trinajstić information content (AvgIpc) is 3.49. The van der Waals surface area contributed by atoms with Crippen molar-refractivity contribution < 1.29 is 52.8 Å². The molecule has 2 saturated carbocycles. The number of rotatable bonds is 7. The summed E-state index contributed by atoms with van der Waals surface area (Å²) in [6, 6.07) is 2.98. The standard InChI is InChI=1S/C40H57NO11/c1-22-7-9-30-24(3)32(45-35-39(30)28(22)11-15-37(5,47-35)49-51-39)19-26(21-44-34(42)27-13-17-41(43)18-14-27)20-33-25(4)31-10-8-23(2)29-12-16-38(6)48-36(46-33)40(29,31)52-50-38/h13-14,17-18,22-26,28-33,35-36H,7-12,15-16,19-21H2,1-6H3/t22-,23-,24-,25-,26?,28+,29+,30+,31+,32-,33+,35-,36-,37+,38+,39-,40-/m1/s1. The van der Waals surface area contributed by atoms with Crippen molar-refractivity contribution in [1.29, 1.82) is 0 Å². The summed E-state index contributed by atoms with van der Waals surface area (Å²) in [5.74, 6) is -0.0271. The first kappa shape index (κ1) is 35.8. The maximum atomic E-state index is 13.3. The molecule has 2 aliphatic carbocycles. The van der Waals surface area contributed by atoms with E-state index in [1.165, 1.54) is 24.5 Å². The Kier molecular flexibility index (Phi) is 8.83. The van der Waals surface area contributed by atoms with Crippen LogP contribution in [0.3, 0.4) is 0 Å². The van der Waals surface area contributed by atoms with Crippen LogP contribution < -0.4 is 4.73 Å². The highest BCUT2D eigenvalue weighted by atomic mass is 17.3. The second-order valence-electron chi connectivity index (χ2n) is 18.3. The minimum atomic E-state index is -0.854. The summed E-state index contributed by atoms with van der Waals surface area (Å²) >= 11 is 0. The van der Waals surface area contributed by atoms with Gasteiger partial charge in [-0.2, -0.15) is 4.73 Å². The predicted octanol–water partition coefficient (Wildman–Crippen LogP) is 6.37. The lowest BCUT2D eigenvalue weighted by molar-refractivity contribution is -0.605. The first-order chi connectivity index (χ1) is 24.8. The normalized spacial score (nSPS) is 51.0. The van der Waals surface area contributed by atoms with E-state index in [0.29, 0.717) is 35.0 Å². The quantitative estimate of drug-likeness (QED) is 0.135. The number of carbonyl (C=O) groups excluding carboxylic acids is 1. The number of aromatic nitrogens is 1. The van der Waals surface area contributed by atoms with E-state index in [1.807, 2.05) is 13.8 Å². The molecule has 52 heavy (non-hydrogen) atoms. The zero-order valence-electron chi connectivity index (χ0n) is 31.5. The molecular weight excluding hydrogens is 670 g/mol. The van der Waals surface area contributed by atoms with Crippen LogP contribution in [0, 0.1) is 58.5 Å². The van der Waals surface area contributed by atoms with E-state index in [4.69, 9.17) is 43.2 Å². The van der Waals surface area contributed by atoms with Gasteiger partial charge in [-0.15, -0.1) is 0 Å². The Labute approximate surface area is 306 Å². The lowest BCUT2D eigenvalue weighted by atomic mass is 9.56. The van der Waals surface area contributed by atoms with Gasteiger partial charge < -0.3 is 28.9 Å². The first-order valence-electron chi connectivity index (χ1n) is 20.1. The molecule has 10 aliphatic rings. The molecule has 17 atom stereocenters. The summed E-state index contributed by atoms with van der Waals surface area (Å²) in [4.78, 5) is 38.3. The molecule has 8 saturated heterocycles. The molecule has 4 bridgehead atoms. The number of fused-ring (bicyclic) bond motifs is 4. The fourth-order valence-electron chi connectivity index (χ4n) is 12.2. The maximum absolute atomic E-state index is 13.3. The molecular formula is C40H57NO11. The van der Waals surface area contributed by atoms with E-state index in [0.717, 1.165) is 51.4 Å². The molecule has 12 nitrogen and oxygen atoms in total. The molecule has 2 spiro atoms. The lowest BCUT2D eigenvalue weighted by Gasteiger charge is -2.61. The van der Waals surface area contributed by atoms with Crippen molar-refractivity contribution in [3.05, 3.63) is 35.3 Å². The minimum absolute atomic E-state index is 0.0943. The van der Waals surface area contributed by atoms with Crippen molar-refractivity contribution in [2.75, 3.05) is 6.61 Å². The Morgan fingerprint density at radius 1 is 0.750 bits per heavy atom. The molecule has 288 valence electrons. The molecule has 1 unspecified atom stereocenters. The smallest absolute Gasteiger partial charge is 0.338 e. The number of carbonyl (C=O) groups is 1. The summed E-state index contributed by atoms with van der Waals surface area (Å²) in [7, 11) is 0.